The summed E-state index contributed by atoms with van der Waals surface area (Å²) in [5.41, 5.74) is 2.09. The Labute approximate surface area is 127 Å². The van der Waals surface area contributed by atoms with Crippen molar-refractivity contribution in [3.05, 3.63) is 35.5 Å². The Morgan fingerprint density at radius 3 is 2.81 bits per heavy atom. The van der Waals surface area contributed by atoms with Crippen molar-refractivity contribution >= 4 is 10.0 Å². The van der Waals surface area contributed by atoms with Crippen LogP contribution in [0.4, 0.5) is 0 Å². The van der Waals surface area contributed by atoms with Gasteiger partial charge in [-0.3, -0.25) is 0 Å². The summed E-state index contributed by atoms with van der Waals surface area (Å²) in [6.45, 7) is 6.71. The first-order valence-electron chi connectivity index (χ1n) is 7.35. The van der Waals surface area contributed by atoms with E-state index >= 15 is 0 Å². The van der Waals surface area contributed by atoms with E-state index in [1.165, 1.54) is 4.31 Å². The highest BCUT2D eigenvalue weighted by atomic mass is 32.2. The standard InChI is InChI=1S/C15H23N3O2S/c1-3-8-16-10-14-6-7-15(17-11-14)21(19,20)18-9-4-5-13(2)12-18/h5-7,11,16H,3-4,8-10,12H2,1-2H3. The van der Waals surface area contributed by atoms with Crippen LogP contribution in [0, 0.1) is 0 Å². The van der Waals surface area contributed by atoms with Crippen LogP contribution in [-0.4, -0.2) is 37.3 Å². The van der Waals surface area contributed by atoms with Gasteiger partial charge in [0.15, 0.2) is 5.03 Å². The predicted molar refractivity (Wildman–Crippen MR) is 83.4 cm³/mol. The van der Waals surface area contributed by atoms with E-state index in [1.54, 1.807) is 12.3 Å². The first kappa shape index (κ1) is 16.1. The van der Waals surface area contributed by atoms with Crippen LogP contribution >= 0.6 is 0 Å². The Balaban J connectivity index is 2.08. The number of hydrogen-bond acceptors (Lipinski definition) is 4. The molecule has 0 saturated heterocycles. The van der Waals surface area contributed by atoms with Gasteiger partial charge in [0.2, 0.25) is 0 Å². The summed E-state index contributed by atoms with van der Waals surface area (Å²) in [6, 6.07) is 3.43. The largest absolute Gasteiger partial charge is 0.313 e. The van der Waals surface area contributed by atoms with Crippen molar-refractivity contribution in [1.29, 1.82) is 0 Å². The van der Waals surface area contributed by atoms with Crippen molar-refractivity contribution in [2.45, 2.75) is 38.3 Å². The maximum absolute atomic E-state index is 12.5. The van der Waals surface area contributed by atoms with Crippen LogP contribution in [-0.2, 0) is 16.6 Å². The molecule has 21 heavy (non-hydrogen) atoms. The van der Waals surface area contributed by atoms with Crippen LogP contribution in [0.3, 0.4) is 0 Å². The van der Waals surface area contributed by atoms with E-state index in [0.29, 0.717) is 19.6 Å². The molecule has 0 bridgehead atoms. The highest BCUT2D eigenvalue weighted by Crippen LogP contribution is 2.19. The molecule has 0 amide bonds. The lowest BCUT2D eigenvalue weighted by Gasteiger charge is -2.24. The second kappa shape index (κ2) is 7.15. The molecular formula is C15H23N3O2S. The molecule has 5 nitrogen and oxygen atoms in total. The van der Waals surface area contributed by atoms with Gasteiger partial charge in [0.05, 0.1) is 0 Å². The zero-order chi connectivity index (χ0) is 15.3. The summed E-state index contributed by atoms with van der Waals surface area (Å²) in [6.07, 6.45) is 5.57. The van der Waals surface area contributed by atoms with E-state index in [0.717, 1.165) is 30.5 Å². The highest BCUT2D eigenvalue weighted by Gasteiger charge is 2.26. The van der Waals surface area contributed by atoms with E-state index in [1.807, 2.05) is 13.0 Å². The fourth-order valence-corrected chi connectivity index (χ4v) is 3.70. The molecule has 0 aromatic carbocycles. The highest BCUT2D eigenvalue weighted by molar-refractivity contribution is 7.89. The van der Waals surface area contributed by atoms with Crippen molar-refractivity contribution in [3.8, 4) is 0 Å². The molecule has 0 aliphatic carbocycles. The second-order valence-corrected chi connectivity index (χ2v) is 7.24. The average Bonchev–Trinajstić information content (AvgIpc) is 2.48. The van der Waals surface area contributed by atoms with Crippen molar-refractivity contribution in [1.82, 2.24) is 14.6 Å². The number of pyridine rings is 1. The van der Waals surface area contributed by atoms with E-state index in [2.05, 4.69) is 23.3 Å². The van der Waals surface area contributed by atoms with Crippen molar-refractivity contribution in [2.75, 3.05) is 19.6 Å². The van der Waals surface area contributed by atoms with E-state index in [9.17, 15) is 8.42 Å². The van der Waals surface area contributed by atoms with Gasteiger partial charge < -0.3 is 5.32 Å². The second-order valence-electron chi connectivity index (χ2n) is 5.36. The lowest BCUT2D eigenvalue weighted by atomic mass is 10.2. The third-order valence-electron chi connectivity index (χ3n) is 3.45. The topological polar surface area (TPSA) is 62.3 Å². The summed E-state index contributed by atoms with van der Waals surface area (Å²) >= 11 is 0. The SMILES string of the molecule is CCCNCc1ccc(S(=O)(=O)N2CCC=C(C)C2)nc1. The van der Waals surface area contributed by atoms with Gasteiger partial charge in [0.25, 0.3) is 10.0 Å². The molecule has 1 N–H and O–H groups in total. The van der Waals surface area contributed by atoms with Crippen LogP contribution in [0.1, 0.15) is 32.3 Å². The lowest BCUT2D eigenvalue weighted by molar-refractivity contribution is 0.425. The Morgan fingerprint density at radius 2 is 2.19 bits per heavy atom. The normalized spacial score (nSPS) is 16.8. The summed E-state index contributed by atoms with van der Waals surface area (Å²) in [5, 5.41) is 3.41. The van der Waals surface area contributed by atoms with Crippen LogP contribution in [0.15, 0.2) is 35.0 Å². The molecule has 0 radical (unpaired) electrons. The number of aromatic nitrogens is 1. The van der Waals surface area contributed by atoms with Crippen molar-refractivity contribution in [2.24, 2.45) is 0 Å². The van der Waals surface area contributed by atoms with Crippen LogP contribution < -0.4 is 5.32 Å². The summed E-state index contributed by atoms with van der Waals surface area (Å²) in [7, 11) is -3.48. The number of rotatable bonds is 6. The molecule has 0 saturated carbocycles. The average molecular weight is 309 g/mol. The molecule has 1 aromatic rings. The van der Waals surface area contributed by atoms with Gasteiger partial charge >= 0.3 is 0 Å². The van der Waals surface area contributed by atoms with Crippen molar-refractivity contribution in [3.63, 3.8) is 0 Å². The first-order chi connectivity index (χ1) is 10.0. The minimum atomic E-state index is -3.48. The Hall–Kier alpha value is -1.24. The lowest BCUT2D eigenvalue weighted by Crippen LogP contribution is -2.35. The zero-order valence-electron chi connectivity index (χ0n) is 12.7. The summed E-state index contributed by atoms with van der Waals surface area (Å²) in [4.78, 5) is 4.14. The smallest absolute Gasteiger partial charge is 0.260 e. The first-order valence-corrected chi connectivity index (χ1v) is 8.79. The zero-order valence-corrected chi connectivity index (χ0v) is 13.5. The van der Waals surface area contributed by atoms with E-state index < -0.39 is 10.0 Å². The molecule has 116 valence electrons. The molecule has 2 heterocycles. The van der Waals surface area contributed by atoms with Crippen LogP contribution in [0.2, 0.25) is 0 Å². The van der Waals surface area contributed by atoms with Gasteiger partial charge in [0.1, 0.15) is 0 Å². The van der Waals surface area contributed by atoms with Crippen LogP contribution in [0.25, 0.3) is 0 Å². The van der Waals surface area contributed by atoms with Gasteiger partial charge in [0, 0.05) is 25.8 Å². The third-order valence-corrected chi connectivity index (χ3v) is 5.22. The van der Waals surface area contributed by atoms with Gasteiger partial charge in [-0.2, -0.15) is 4.31 Å². The molecule has 2 rings (SSSR count). The van der Waals surface area contributed by atoms with Crippen LogP contribution in [0.5, 0.6) is 0 Å². The number of nitrogens with zero attached hydrogens (tertiary/aromatic N) is 2. The summed E-state index contributed by atoms with van der Waals surface area (Å²) in [5.74, 6) is 0. The Kier molecular flexibility index (Phi) is 5.50. The van der Waals surface area contributed by atoms with Gasteiger partial charge in [-0.15, -0.1) is 0 Å². The third kappa shape index (κ3) is 4.12. The number of sulfonamides is 1. The van der Waals surface area contributed by atoms with E-state index in [4.69, 9.17) is 0 Å². The molecule has 0 spiro atoms. The van der Waals surface area contributed by atoms with Gasteiger partial charge in [-0.25, -0.2) is 13.4 Å². The quantitative estimate of drug-likeness (QED) is 0.644. The Morgan fingerprint density at radius 1 is 1.38 bits per heavy atom. The minimum absolute atomic E-state index is 0.136. The molecule has 0 fully saturated rings. The number of nitrogens with one attached hydrogen (secondary N) is 1. The van der Waals surface area contributed by atoms with E-state index in [-0.39, 0.29) is 5.03 Å². The molecule has 0 atom stereocenters. The van der Waals surface area contributed by atoms with Crippen molar-refractivity contribution < 1.29 is 8.42 Å². The summed E-state index contributed by atoms with van der Waals surface area (Å²) < 4.78 is 26.5. The molecule has 1 aromatic heterocycles. The fraction of sp³-hybridized carbons (Fsp3) is 0.533. The predicted octanol–water partition coefficient (Wildman–Crippen LogP) is 1.92. The van der Waals surface area contributed by atoms with Gasteiger partial charge in [-0.1, -0.05) is 24.6 Å². The number of hydrogen-bond donors (Lipinski definition) is 1. The molecule has 1 aliphatic heterocycles. The van der Waals surface area contributed by atoms with Gasteiger partial charge in [-0.05, 0) is 37.9 Å². The Bertz CT molecular complexity index is 594. The fourth-order valence-electron chi connectivity index (χ4n) is 2.29. The maximum Gasteiger partial charge on any atom is 0.260 e. The maximum atomic E-state index is 12.5. The molecule has 0 unspecified atom stereocenters. The monoisotopic (exact) mass is 309 g/mol. The molecular weight excluding hydrogens is 286 g/mol. The minimum Gasteiger partial charge on any atom is -0.313 e. The molecule has 1 aliphatic rings. The molecule has 6 heteroatoms.